The van der Waals surface area contributed by atoms with Crippen LogP contribution in [0.15, 0.2) is 18.2 Å². The minimum absolute atomic E-state index is 0.0149. The molecule has 0 saturated carbocycles. The number of phenols is 1. The summed E-state index contributed by atoms with van der Waals surface area (Å²) in [4.78, 5) is 2.07. The molecular formula is C11H16FNO. The summed E-state index contributed by atoms with van der Waals surface area (Å²) in [6.45, 7) is 0.945. The molecule has 1 rings (SSSR count). The van der Waals surface area contributed by atoms with Crippen LogP contribution in [-0.2, 0) is 6.42 Å². The molecule has 78 valence electrons. The van der Waals surface area contributed by atoms with Gasteiger partial charge in [-0.25, -0.2) is 4.39 Å². The Kier molecular flexibility index (Phi) is 3.89. The highest BCUT2D eigenvalue weighted by Gasteiger charge is 2.02. The second kappa shape index (κ2) is 4.96. The number of aryl methyl sites for hydroxylation is 1. The van der Waals surface area contributed by atoms with Gasteiger partial charge in [-0.05, 0) is 45.1 Å². The first-order valence-electron chi connectivity index (χ1n) is 4.71. The minimum Gasteiger partial charge on any atom is -0.508 e. The zero-order valence-corrected chi connectivity index (χ0v) is 8.63. The number of halogens is 1. The van der Waals surface area contributed by atoms with Gasteiger partial charge in [0.2, 0.25) is 0 Å². The fourth-order valence-electron chi connectivity index (χ4n) is 1.32. The molecule has 0 spiro atoms. The van der Waals surface area contributed by atoms with E-state index in [2.05, 4.69) is 4.90 Å². The number of phenolic OH excluding ortho intramolecular Hbond substituents is 1. The molecule has 0 aliphatic carbocycles. The van der Waals surface area contributed by atoms with Gasteiger partial charge in [0.25, 0.3) is 0 Å². The first-order chi connectivity index (χ1) is 6.59. The molecule has 14 heavy (non-hydrogen) atoms. The molecule has 0 fully saturated rings. The third-order valence-corrected chi connectivity index (χ3v) is 2.09. The van der Waals surface area contributed by atoms with Crippen molar-refractivity contribution in [2.45, 2.75) is 12.8 Å². The van der Waals surface area contributed by atoms with Crippen LogP contribution in [0.3, 0.4) is 0 Å². The molecule has 0 bridgehead atoms. The van der Waals surface area contributed by atoms with E-state index in [-0.39, 0.29) is 11.6 Å². The number of hydrogen-bond acceptors (Lipinski definition) is 2. The lowest BCUT2D eigenvalue weighted by atomic mass is 10.1. The van der Waals surface area contributed by atoms with Gasteiger partial charge < -0.3 is 10.0 Å². The molecule has 0 amide bonds. The first-order valence-corrected chi connectivity index (χ1v) is 4.71. The van der Waals surface area contributed by atoms with Gasteiger partial charge in [0.15, 0.2) is 0 Å². The summed E-state index contributed by atoms with van der Waals surface area (Å²) in [7, 11) is 3.99. The van der Waals surface area contributed by atoms with Gasteiger partial charge in [0.1, 0.15) is 11.6 Å². The predicted octanol–water partition coefficient (Wildman–Crippen LogP) is 2.03. The second-order valence-corrected chi connectivity index (χ2v) is 3.68. The number of benzene rings is 1. The quantitative estimate of drug-likeness (QED) is 0.798. The Morgan fingerprint density at radius 2 is 2.07 bits per heavy atom. The normalized spacial score (nSPS) is 10.9. The van der Waals surface area contributed by atoms with Crippen molar-refractivity contribution < 1.29 is 9.50 Å². The first kappa shape index (κ1) is 11.0. The molecule has 1 aromatic rings. The molecule has 0 aliphatic rings. The molecule has 0 unspecified atom stereocenters. The molecule has 1 N–H and O–H groups in total. The molecule has 3 heteroatoms. The molecule has 2 nitrogen and oxygen atoms in total. The molecule has 1 aromatic carbocycles. The Balaban J connectivity index is 2.51. The molecule has 0 saturated heterocycles. The van der Waals surface area contributed by atoms with E-state index < -0.39 is 0 Å². The third-order valence-electron chi connectivity index (χ3n) is 2.09. The summed E-state index contributed by atoms with van der Waals surface area (Å²) in [6.07, 6.45) is 1.64. The summed E-state index contributed by atoms with van der Waals surface area (Å²) < 4.78 is 13.2. The second-order valence-electron chi connectivity index (χ2n) is 3.68. The monoisotopic (exact) mass is 197 g/mol. The highest BCUT2D eigenvalue weighted by molar-refractivity contribution is 5.27. The van der Waals surface area contributed by atoms with E-state index in [1.54, 1.807) is 6.07 Å². The van der Waals surface area contributed by atoms with Crippen LogP contribution in [0.4, 0.5) is 4.39 Å². The SMILES string of the molecule is CN(C)CCCc1ccc(O)cc1F. The predicted molar refractivity (Wildman–Crippen MR) is 54.9 cm³/mol. The highest BCUT2D eigenvalue weighted by Crippen LogP contribution is 2.16. The van der Waals surface area contributed by atoms with E-state index in [9.17, 15) is 4.39 Å². The maximum atomic E-state index is 13.2. The van der Waals surface area contributed by atoms with Crippen LogP contribution < -0.4 is 0 Å². The lowest BCUT2D eigenvalue weighted by Gasteiger charge is -2.09. The van der Waals surface area contributed by atoms with Gasteiger partial charge in [-0.2, -0.15) is 0 Å². The zero-order chi connectivity index (χ0) is 10.6. The van der Waals surface area contributed by atoms with Crippen LogP contribution in [0.2, 0.25) is 0 Å². The average Bonchev–Trinajstić information content (AvgIpc) is 2.08. The Morgan fingerprint density at radius 3 is 2.64 bits per heavy atom. The fourth-order valence-corrected chi connectivity index (χ4v) is 1.32. The van der Waals surface area contributed by atoms with Crippen LogP contribution in [0, 0.1) is 5.82 Å². The molecule has 0 atom stereocenters. The van der Waals surface area contributed by atoms with Gasteiger partial charge in [0, 0.05) is 6.07 Å². The van der Waals surface area contributed by atoms with Crippen LogP contribution in [0.25, 0.3) is 0 Å². The van der Waals surface area contributed by atoms with Crippen LogP contribution >= 0.6 is 0 Å². The Hall–Kier alpha value is -1.09. The summed E-state index contributed by atoms with van der Waals surface area (Å²) in [5, 5.41) is 9.00. The number of hydrogen-bond donors (Lipinski definition) is 1. The molecule has 0 radical (unpaired) electrons. The van der Waals surface area contributed by atoms with Gasteiger partial charge >= 0.3 is 0 Å². The molecule has 0 aromatic heterocycles. The van der Waals surface area contributed by atoms with Crippen molar-refractivity contribution >= 4 is 0 Å². The third kappa shape index (κ3) is 3.34. The van der Waals surface area contributed by atoms with Crippen molar-refractivity contribution in [3.05, 3.63) is 29.6 Å². The summed E-state index contributed by atoms with van der Waals surface area (Å²) in [5.74, 6) is -0.331. The van der Waals surface area contributed by atoms with E-state index in [4.69, 9.17) is 5.11 Å². The zero-order valence-electron chi connectivity index (χ0n) is 8.63. The molecule has 0 aliphatic heterocycles. The topological polar surface area (TPSA) is 23.5 Å². The Morgan fingerprint density at radius 1 is 1.36 bits per heavy atom. The van der Waals surface area contributed by atoms with Crippen molar-refractivity contribution in [2.24, 2.45) is 0 Å². The Bertz CT molecular complexity index is 299. The highest BCUT2D eigenvalue weighted by atomic mass is 19.1. The van der Waals surface area contributed by atoms with E-state index in [1.165, 1.54) is 6.07 Å². The van der Waals surface area contributed by atoms with Crippen molar-refractivity contribution in [1.82, 2.24) is 4.90 Å². The standard InChI is InChI=1S/C11H16FNO/c1-13(2)7-3-4-9-5-6-10(14)8-11(9)12/h5-6,8,14H,3-4,7H2,1-2H3. The largest absolute Gasteiger partial charge is 0.508 e. The summed E-state index contributed by atoms with van der Waals surface area (Å²) >= 11 is 0. The molecule has 0 heterocycles. The van der Waals surface area contributed by atoms with E-state index >= 15 is 0 Å². The van der Waals surface area contributed by atoms with E-state index in [0.717, 1.165) is 19.0 Å². The fraction of sp³-hybridized carbons (Fsp3) is 0.455. The maximum Gasteiger partial charge on any atom is 0.130 e. The van der Waals surface area contributed by atoms with Crippen LogP contribution in [0.1, 0.15) is 12.0 Å². The van der Waals surface area contributed by atoms with Gasteiger partial charge in [0.05, 0.1) is 0 Å². The number of aromatic hydroxyl groups is 1. The van der Waals surface area contributed by atoms with Crippen molar-refractivity contribution in [3.8, 4) is 5.75 Å². The number of rotatable bonds is 4. The Labute approximate surface area is 84.0 Å². The van der Waals surface area contributed by atoms with E-state index in [0.29, 0.717) is 12.0 Å². The minimum atomic E-state index is -0.316. The lowest BCUT2D eigenvalue weighted by molar-refractivity contribution is 0.398. The van der Waals surface area contributed by atoms with Crippen LogP contribution in [-0.4, -0.2) is 30.6 Å². The van der Waals surface area contributed by atoms with Gasteiger partial charge in [-0.15, -0.1) is 0 Å². The van der Waals surface area contributed by atoms with Crippen molar-refractivity contribution in [2.75, 3.05) is 20.6 Å². The maximum absolute atomic E-state index is 13.2. The van der Waals surface area contributed by atoms with Gasteiger partial charge in [-0.3, -0.25) is 0 Å². The lowest BCUT2D eigenvalue weighted by Crippen LogP contribution is -2.13. The smallest absolute Gasteiger partial charge is 0.130 e. The van der Waals surface area contributed by atoms with Crippen molar-refractivity contribution in [3.63, 3.8) is 0 Å². The van der Waals surface area contributed by atoms with Crippen molar-refractivity contribution in [1.29, 1.82) is 0 Å². The van der Waals surface area contributed by atoms with E-state index in [1.807, 2.05) is 14.1 Å². The number of nitrogens with zero attached hydrogens (tertiary/aromatic N) is 1. The summed E-state index contributed by atoms with van der Waals surface area (Å²) in [5.41, 5.74) is 0.671. The van der Waals surface area contributed by atoms with Crippen LogP contribution in [0.5, 0.6) is 5.75 Å². The molecular weight excluding hydrogens is 181 g/mol. The van der Waals surface area contributed by atoms with Gasteiger partial charge in [-0.1, -0.05) is 6.07 Å². The average molecular weight is 197 g/mol. The summed E-state index contributed by atoms with van der Waals surface area (Å²) in [6, 6.07) is 4.32.